The van der Waals surface area contributed by atoms with Crippen LogP contribution in [0, 0.1) is 0 Å². The lowest BCUT2D eigenvalue weighted by Gasteiger charge is -2.10. The number of nitrogens with one attached hydrogen (secondary N) is 1. The second kappa shape index (κ2) is 6.44. The van der Waals surface area contributed by atoms with Gasteiger partial charge in [-0.1, -0.05) is 0 Å². The minimum Gasteiger partial charge on any atom is -0.465 e. The summed E-state index contributed by atoms with van der Waals surface area (Å²) in [7, 11) is 1.40. The first-order valence-corrected chi connectivity index (χ1v) is 7.89. The van der Waals surface area contributed by atoms with Crippen LogP contribution in [0.4, 0.5) is 5.69 Å². The van der Waals surface area contributed by atoms with Crippen molar-refractivity contribution in [1.29, 1.82) is 0 Å². The summed E-state index contributed by atoms with van der Waals surface area (Å²) in [5.74, 6) is 0.0756. The smallest absolute Gasteiger partial charge is 0.339 e. The van der Waals surface area contributed by atoms with E-state index in [4.69, 9.17) is 4.74 Å². The van der Waals surface area contributed by atoms with Crippen molar-refractivity contribution in [1.82, 2.24) is 9.97 Å². The van der Waals surface area contributed by atoms with Crippen molar-refractivity contribution < 1.29 is 9.53 Å². The van der Waals surface area contributed by atoms with Crippen LogP contribution in [0.1, 0.15) is 40.5 Å². The zero-order chi connectivity index (χ0) is 15.5. The van der Waals surface area contributed by atoms with Crippen LogP contribution in [0.2, 0.25) is 0 Å². The molecule has 0 amide bonds. The number of carbonyl (C=O) groups is 1. The monoisotopic (exact) mass is 361 g/mol. The Labute approximate surface area is 137 Å². The van der Waals surface area contributed by atoms with Crippen molar-refractivity contribution in [2.75, 3.05) is 12.4 Å². The van der Waals surface area contributed by atoms with E-state index in [9.17, 15) is 4.79 Å². The Balaban J connectivity index is 1.77. The van der Waals surface area contributed by atoms with Gasteiger partial charge in [-0.15, -0.1) is 0 Å². The molecule has 0 aromatic carbocycles. The molecule has 1 N–H and O–H groups in total. The standard InChI is InChI=1S/C16H16BrN3O2/c1-22-16(21)14-5-4-12(20-15(14)10-2-3-10)9-19-13-6-11(17)7-18-8-13/h4-8,10,19H,2-3,9H2,1H3. The molecule has 1 fully saturated rings. The van der Waals surface area contributed by atoms with Crippen molar-refractivity contribution >= 4 is 27.6 Å². The maximum Gasteiger partial charge on any atom is 0.339 e. The lowest BCUT2D eigenvalue weighted by Crippen LogP contribution is -2.10. The maximum atomic E-state index is 11.8. The number of nitrogens with zero attached hydrogens (tertiary/aromatic N) is 2. The van der Waals surface area contributed by atoms with Gasteiger partial charge in [0, 0.05) is 16.6 Å². The van der Waals surface area contributed by atoms with Crippen molar-refractivity contribution in [2.24, 2.45) is 0 Å². The van der Waals surface area contributed by atoms with E-state index in [0.29, 0.717) is 18.0 Å². The molecule has 0 spiro atoms. The van der Waals surface area contributed by atoms with Crippen LogP contribution in [-0.4, -0.2) is 23.0 Å². The molecular formula is C16H16BrN3O2. The normalized spacial score (nSPS) is 13.7. The van der Waals surface area contributed by atoms with Crippen LogP contribution in [0.15, 0.2) is 35.1 Å². The zero-order valence-electron chi connectivity index (χ0n) is 12.2. The van der Waals surface area contributed by atoms with E-state index in [1.165, 1.54) is 7.11 Å². The quantitative estimate of drug-likeness (QED) is 0.825. The van der Waals surface area contributed by atoms with Gasteiger partial charge in [-0.3, -0.25) is 9.97 Å². The minimum atomic E-state index is -0.315. The van der Waals surface area contributed by atoms with Gasteiger partial charge in [0.1, 0.15) is 0 Å². The highest BCUT2D eigenvalue weighted by molar-refractivity contribution is 9.10. The van der Waals surface area contributed by atoms with Gasteiger partial charge in [0.15, 0.2) is 0 Å². The summed E-state index contributed by atoms with van der Waals surface area (Å²) in [5.41, 5.74) is 3.26. The Morgan fingerprint density at radius 1 is 1.41 bits per heavy atom. The Morgan fingerprint density at radius 3 is 2.91 bits per heavy atom. The molecule has 2 aromatic heterocycles. The molecule has 1 aliphatic carbocycles. The topological polar surface area (TPSA) is 64.1 Å². The van der Waals surface area contributed by atoms with Crippen LogP contribution in [0.3, 0.4) is 0 Å². The van der Waals surface area contributed by atoms with Gasteiger partial charge in [-0.05, 0) is 47.0 Å². The van der Waals surface area contributed by atoms with E-state index in [-0.39, 0.29) is 5.97 Å². The number of pyridine rings is 2. The summed E-state index contributed by atoms with van der Waals surface area (Å²) < 4.78 is 5.75. The van der Waals surface area contributed by atoms with Crippen LogP contribution < -0.4 is 5.32 Å². The van der Waals surface area contributed by atoms with Crippen LogP contribution >= 0.6 is 15.9 Å². The van der Waals surface area contributed by atoms with E-state index in [1.807, 2.05) is 18.2 Å². The summed E-state index contributed by atoms with van der Waals surface area (Å²) in [5, 5.41) is 3.28. The van der Waals surface area contributed by atoms with Crippen LogP contribution in [-0.2, 0) is 11.3 Å². The predicted molar refractivity (Wildman–Crippen MR) is 86.8 cm³/mol. The predicted octanol–water partition coefficient (Wildman–Crippen LogP) is 3.52. The van der Waals surface area contributed by atoms with Gasteiger partial charge in [0.2, 0.25) is 0 Å². The number of ether oxygens (including phenoxy) is 1. The number of hydrogen-bond donors (Lipinski definition) is 1. The first-order valence-electron chi connectivity index (χ1n) is 7.10. The molecule has 6 heteroatoms. The third kappa shape index (κ3) is 3.44. The van der Waals surface area contributed by atoms with Gasteiger partial charge in [0.05, 0.1) is 42.5 Å². The summed E-state index contributed by atoms with van der Waals surface area (Å²) in [6, 6.07) is 5.62. The van der Waals surface area contributed by atoms with E-state index in [2.05, 4.69) is 31.2 Å². The van der Waals surface area contributed by atoms with E-state index < -0.39 is 0 Å². The summed E-state index contributed by atoms with van der Waals surface area (Å²) in [4.78, 5) is 20.6. The molecule has 22 heavy (non-hydrogen) atoms. The Kier molecular flexibility index (Phi) is 4.38. The number of hydrogen-bond acceptors (Lipinski definition) is 5. The highest BCUT2D eigenvalue weighted by Crippen LogP contribution is 2.40. The van der Waals surface area contributed by atoms with Crippen molar-refractivity contribution in [3.05, 3.63) is 52.0 Å². The second-order valence-corrected chi connectivity index (χ2v) is 6.16. The fourth-order valence-corrected chi connectivity index (χ4v) is 2.63. The average molecular weight is 362 g/mol. The summed E-state index contributed by atoms with van der Waals surface area (Å²) in [6.45, 7) is 0.583. The molecule has 0 radical (unpaired) electrons. The number of methoxy groups -OCH3 is 1. The first-order chi connectivity index (χ1) is 10.7. The number of anilines is 1. The van der Waals surface area contributed by atoms with E-state index in [0.717, 1.165) is 34.4 Å². The second-order valence-electron chi connectivity index (χ2n) is 5.25. The third-order valence-corrected chi connectivity index (χ3v) is 3.96. The van der Waals surface area contributed by atoms with Crippen LogP contribution in [0.5, 0.6) is 0 Å². The Morgan fingerprint density at radius 2 is 2.23 bits per heavy atom. The van der Waals surface area contributed by atoms with Gasteiger partial charge in [0.25, 0.3) is 0 Å². The highest BCUT2D eigenvalue weighted by Gasteiger charge is 2.30. The molecule has 3 rings (SSSR count). The average Bonchev–Trinajstić information content (AvgIpc) is 3.37. The Hall–Kier alpha value is -1.95. The van der Waals surface area contributed by atoms with Gasteiger partial charge in [-0.2, -0.15) is 0 Å². The fraction of sp³-hybridized carbons (Fsp3) is 0.312. The molecule has 2 heterocycles. The molecule has 0 saturated heterocycles. The van der Waals surface area contributed by atoms with E-state index >= 15 is 0 Å². The molecule has 0 aliphatic heterocycles. The van der Waals surface area contributed by atoms with Crippen molar-refractivity contribution in [3.63, 3.8) is 0 Å². The SMILES string of the molecule is COC(=O)c1ccc(CNc2cncc(Br)c2)nc1C1CC1. The molecule has 1 aliphatic rings. The van der Waals surface area contributed by atoms with Crippen molar-refractivity contribution in [3.8, 4) is 0 Å². The summed E-state index contributed by atoms with van der Waals surface area (Å²) >= 11 is 3.39. The molecule has 0 bridgehead atoms. The van der Waals surface area contributed by atoms with Gasteiger partial charge >= 0.3 is 5.97 Å². The fourth-order valence-electron chi connectivity index (χ4n) is 2.27. The maximum absolute atomic E-state index is 11.8. The zero-order valence-corrected chi connectivity index (χ0v) is 13.8. The summed E-state index contributed by atoms with van der Waals surface area (Å²) in [6.07, 6.45) is 5.67. The Bertz CT molecular complexity index is 702. The third-order valence-electron chi connectivity index (χ3n) is 3.53. The molecule has 114 valence electrons. The van der Waals surface area contributed by atoms with Crippen molar-refractivity contribution in [2.45, 2.75) is 25.3 Å². The molecule has 1 saturated carbocycles. The lowest BCUT2D eigenvalue weighted by molar-refractivity contribution is 0.0599. The van der Waals surface area contributed by atoms with Crippen LogP contribution in [0.25, 0.3) is 0 Å². The lowest BCUT2D eigenvalue weighted by atomic mass is 10.1. The molecule has 5 nitrogen and oxygen atoms in total. The number of carbonyl (C=O) groups excluding carboxylic acids is 1. The van der Waals surface area contributed by atoms with Gasteiger partial charge < -0.3 is 10.1 Å². The number of rotatable bonds is 5. The van der Waals surface area contributed by atoms with E-state index in [1.54, 1.807) is 12.4 Å². The minimum absolute atomic E-state index is 0.315. The van der Waals surface area contributed by atoms with Gasteiger partial charge in [-0.25, -0.2) is 4.79 Å². The first kappa shape index (κ1) is 15.0. The molecular weight excluding hydrogens is 346 g/mol. The number of halogens is 1. The number of aromatic nitrogens is 2. The largest absolute Gasteiger partial charge is 0.465 e. The molecule has 0 unspecified atom stereocenters. The molecule has 2 aromatic rings. The molecule has 0 atom stereocenters. The highest BCUT2D eigenvalue weighted by atomic mass is 79.9. The number of esters is 1.